The van der Waals surface area contributed by atoms with E-state index in [0.717, 1.165) is 0 Å². The Kier molecular flexibility index (Phi) is 2.38. The van der Waals surface area contributed by atoms with Crippen LogP contribution in [0.3, 0.4) is 0 Å². The minimum atomic E-state index is -1.64. The van der Waals surface area contributed by atoms with Crippen LogP contribution in [0.1, 0.15) is 20.8 Å². The number of nitrogens with zero attached hydrogens (tertiary/aromatic N) is 2. The SMILES string of the molecule is CC1(C)N=NC(C)(O[Si](C)(C)C)O1. The molecule has 1 rings (SSSR count). The molecule has 0 saturated heterocycles. The van der Waals surface area contributed by atoms with Crippen molar-refractivity contribution < 1.29 is 9.16 Å². The summed E-state index contributed by atoms with van der Waals surface area (Å²) in [6.07, 6.45) is 0. The Morgan fingerprint density at radius 1 is 1.08 bits per heavy atom. The number of azo groups is 1. The van der Waals surface area contributed by atoms with Crippen LogP contribution in [0.4, 0.5) is 0 Å². The third kappa shape index (κ3) is 3.17. The maximum absolute atomic E-state index is 5.78. The molecule has 1 unspecified atom stereocenters. The molecule has 1 atom stereocenters. The van der Waals surface area contributed by atoms with Crippen molar-refractivity contribution in [2.24, 2.45) is 10.2 Å². The molecule has 0 aromatic heterocycles. The molecule has 0 amide bonds. The first-order chi connectivity index (χ1) is 5.62. The molecular weight excluding hydrogens is 184 g/mol. The normalized spacial score (nSPS) is 32.5. The Morgan fingerprint density at radius 2 is 1.62 bits per heavy atom. The summed E-state index contributed by atoms with van der Waals surface area (Å²) in [5, 5.41) is 8.03. The van der Waals surface area contributed by atoms with Gasteiger partial charge in [0.15, 0.2) is 14.0 Å². The van der Waals surface area contributed by atoms with Crippen molar-refractivity contribution >= 4 is 8.32 Å². The second-order valence-electron chi connectivity index (χ2n) is 4.86. The van der Waals surface area contributed by atoms with Crippen LogP contribution in [0.5, 0.6) is 0 Å². The number of hydrogen-bond donors (Lipinski definition) is 0. The van der Waals surface area contributed by atoms with Gasteiger partial charge in [-0.3, -0.25) is 0 Å². The zero-order chi connectivity index (χ0) is 10.3. The average molecular weight is 202 g/mol. The van der Waals surface area contributed by atoms with Crippen LogP contribution < -0.4 is 0 Å². The van der Waals surface area contributed by atoms with Gasteiger partial charge in [-0.1, -0.05) is 0 Å². The highest BCUT2D eigenvalue weighted by Gasteiger charge is 2.42. The van der Waals surface area contributed by atoms with Gasteiger partial charge in [-0.2, -0.15) is 5.11 Å². The van der Waals surface area contributed by atoms with Gasteiger partial charge in [-0.05, 0) is 33.5 Å². The van der Waals surface area contributed by atoms with Crippen molar-refractivity contribution in [1.29, 1.82) is 0 Å². The molecule has 0 spiro atoms. The molecule has 0 aromatic rings. The average Bonchev–Trinajstić information content (AvgIpc) is 2.00. The van der Waals surface area contributed by atoms with Gasteiger partial charge in [-0.15, -0.1) is 5.11 Å². The van der Waals surface area contributed by atoms with Gasteiger partial charge in [0.2, 0.25) is 0 Å². The molecule has 76 valence electrons. The van der Waals surface area contributed by atoms with Gasteiger partial charge in [0.25, 0.3) is 5.91 Å². The zero-order valence-electron chi connectivity index (χ0n) is 9.21. The molecule has 0 radical (unpaired) electrons. The summed E-state index contributed by atoms with van der Waals surface area (Å²) in [5.74, 6) is -0.867. The van der Waals surface area contributed by atoms with Crippen molar-refractivity contribution in [1.82, 2.24) is 0 Å². The van der Waals surface area contributed by atoms with Crippen LogP contribution in [0.2, 0.25) is 19.6 Å². The summed E-state index contributed by atoms with van der Waals surface area (Å²) < 4.78 is 11.4. The highest BCUT2D eigenvalue weighted by molar-refractivity contribution is 6.69. The first-order valence-corrected chi connectivity index (χ1v) is 7.87. The second kappa shape index (κ2) is 2.86. The highest BCUT2D eigenvalue weighted by Crippen LogP contribution is 2.33. The summed E-state index contributed by atoms with van der Waals surface area (Å²) in [6.45, 7) is 11.8. The molecular formula is C8H18N2O2Si. The summed E-state index contributed by atoms with van der Waals surface area (Å²) in [7, 11) is -1.64. The smallest absolute Gasteiger partial charge is 0.277 e. The lowest BCUT2D eigenvalue weighted by molar-refractivity contribution is -0.197. The van der Waals surface area contributed by atoms with Gasteiger partial charge in [0.1, 0.15) is 0 Å². The molecule has 0 bridgehead atoms. The van der Waals surface area contributed by atoms with Crippen LogP contribution >= 0.6 is 0 Å². The molecule has 13 heavy (non-hydrogen) atoms. The fourth-order valence-electron chi connectivity index (χ4n) is 1.32. The van der Waals surface area contributed by atoms with Crippen LogP contribution in [0, 0.1) is 0 Å². The monoisotopic (exact) mass is 202 g/mol. The summed E-state index contributed by atoms with van der Waals surface area (Å²) in [4.78, 5) is 0. The highest BCUT2D eigenvalue weighted by atomic mass is 28.4. The lowest BCUT2D eigenvalue weighted by atomic mass is 10.3. The molecule has 0 aromatic carbocycles. The van der Waals surface area contributed by atoms with Gasteiger partial charge in [0, 0.05) is 6.92 Å². The first-order valence-electron chi connectivity index (χ1n) is 4.46. The van der Waals surface area contributed by atoms with Crippen molar-refractivity contribution in [2.45, 2.75) is 52.0 Å². The number of ether oxygens (including phenoxy) is 1. The minimum absolute atomic E-state index is 0.547. The zero-order valence-corrected chi connectivity index (χ0v) is 10.2. The van der Waals surface area contributed by atoms with Crippen LogP contribution in [-0.2, 0) is 9.16 Å². The molecule has 1 aliphatic heterocycles. The van der Waals surface area contributed by atoms with Crippen LogP contribution in [0.25, 0.3) is 0 Å². The predicted octanol–water partition coefficient (Wildman–Crippen LogP) is 2.73. The van der Waals surface area contributed by atoms with Crippen molar-refractivity contribution in [3.8, 4) is 0 Å². The first kappa shape index (κ1) is 10.8. The van der Waals surface area contributed by atoms with E-state index in [-0.39, 0.29) is 0 Å². The fraction of sp³-hybridized carbons (Fsp3) is 1.00. The van der Waals surface area contributed by atoms with E-state index in [4.69, 9.17) is 9.16 Å². The lowest BCUT2D eigenvalue weighted by Crippen LogP contribution is -2.41. The van der Waals surface area contributed by atoms with Gasteiger partial charge in [0.05, 0.1) is 0 Å². The van der Waals surface area contributed by atoms with E-state index in [0.29, 0.717) is 0 Å². The topological polar surface area (TPSA) is 43.2 Å². The molecule has 0 fully saturated rings. The third-order valence-electron chi connectivity index (χ3n) is 1.41. The molecule has 0 saturated carbocycles. The maximum atomic E-state index is 5.78. The Labute approximate surface area is 80.5 Å². The standard InChI is InChI=1S/C8H18N2O2Si/c1-7(2)9-10-8(3,11-7)12-13(4,5)6/h1-6H3. The molecule has 4 nitrogen and oxygen atoms in total. The Bertz CT molecular complexity index is 235. The van der Waals surface area contributed by atoms with E-state index in [2.05, 4.69) is 29.9 Å². The maximum Gasteiger partial charge on any atom is 0.277 e. The number of hydrogen-bond acceptors (Lipinski definition) is 4. The van der Waals surface area contributed by atoms with Crippen molar-refractivity contribution in [3.63, 3.8) is 0 Å². The largest absolute Gasteiger partial charge is 0.372 e. The van der Waals surface area contributed by atoms with E-state index in [1.54, 1.807) is 0 Å². The molecule has 1 aliphatic rings. The van der Waals surface area contributed by atoms with E-state index in [9.17, 15) is 0 Å². The lowest BCUT2D eigenvalue weighted by Gasteiger charge is -2.30. The molecule has 5 heteroatoms. The Morgan fingerprint density at radius 3 is 1.92 bits per heavy atom. The van der Waals surface area contributed by atoms with Crippen molar-refractivity contribution in [3.05, 3.63) is 0 Å². The van der Waals surface area contributed by atoms with E-state index < -0.39 is 20.0 Å². The third-order valence-corrected chi connectivity index (χ3v) is 2.40. The van der Waals surface area contributed by atoms with E-state index in [1.165, 1.54) is 0 Å². The number of rotatable bonds is 2. The van der Waals surface area contributed by atoms with Crippen LogP contribution in [-0.4, -0.2) is 20.0 Å². The molecule has 0 N–H and O–H groups in total. The Balaban J connectivity index is 2.67. The predicted molar refractivity (Wildman–Crippen MR) is 52.9 cm³/mol. The summed E-state index contributed by atoms with van der Waals surface area (Å²) >= 11 is 0. The summed E-state index contributed by atoms with van der Waals surface area (Å²) in [5.41, 5.74) is -0.547. The van der Waals surface area contributed by atoms with E-state index in [1.807, 2.05) is 20.8 Å². The van der Waals surface area contributed by atoms with Gasteiger partial charge in [-0.25, -0.2) is 0 Å². The summed E-state index contributed by atoms with van der Waals surface area (Å²) in [6, 6.07) is 0. The fourth-order valence-corrected chi connectivity index (χ4v) is 2.54. The Hall–Kier alpha value is -0.263. The van der Waals surface area contributed by atoms with Gasteiger partial charge < -0.3 is 9.16 Å². The van der Waals surface area contributed by atoms with E-state index >= 15 is 0 Å². The quantitative estimate of drug-likeness (QED) is 0.646. The minimum Gasteiger partial charge on any atom is -0.372 e. The molecule has 0 aliphatic carbocycles. The van der Waals surface area contributed by atoms with Crippen LogP contribution in [0.15, 0.2) is 10.2 Å². The van der Waals surface area contributed by atoms with Gasteiger partial charge >= 0.3 is 0 Å². The van der Waals surface area contributed by atoms with Crippen molar-refractivity contribution in [2.75, 3.05) is 0 Å². The second-order valence-corrected chi connectivity index (χ2v) is 9.29. The molecule has 1 heterocycles.